The molecular weight excluding hydrogens is 238 g/mol. The van der Waals surface area contributed by atoms with E-state index in [9.17, 15) is 0 Å². The minimum absolute atomic E-state index is 0.196. The van der Waals surface area contributed by atoms with Crippen LogP contribution in [-0.2, 0) is 5.41 Å². The number of hydrogen-bond acceptors (Lipinski definition) is 4. The second kappa shape index (κ2) is 5.12. The van der Waals surface area contributed by atoms with Crippen LogP contribution in [0.3, 0.4) is 0 Å². The van der Waals surface area contributed by atoms with Crippen molar-refractivity contribution in [2.45, 2.75) is 63.3 Å². The molecule has 3 rings (SSSR count). The molecule has 2 heterocycles. The molecule has 3 N–H and O–H groups in total. The van der Waals surface area contributed by atoms with Crippen molar-refractivity contribution in [1.29, 1.82) is 0 Å². The fourth-order valence-corrected chi connectivity index (χ4v) is 3.42. The lowest BCUT2D eigenvalue weighted by Gasteiger charge is -2.31. The van der Waals surface area contributed by atoms with Gasteiger partial charge in [0.1, 0.15) is 5.82 Å². The Labute approximate surface area is 115 Å². The van der Waals surface area contributed by atoms with Crippen LogP contribution < -0.4 is 10.6 Å². The van der Waals surface area contributed by atoms with Crippen molar-refractivity contribution in [3.05, 3.63) is 5.82 Å². The minimum atomic E-state index is 0.196. The highest BCUT2D eigenvalue weighted by Crippen LogP contribution is 2.37. The summed E-state index contributed by atoms with van der Waals surface area (Å²) in [4.78, 5) is 6.99. The van der Waals surface area contributed by atoms with Gasteiger partial charge in [0, 0.05) is 24.5 Å². The van der Waals surface area contributed by atoms with Crippen LogP contribution in [0.25, 0.3) is 0 Å². The summed E-state index contributed by atoms with van der Waals surface area (Å²) in [7, 11) is 0. The van der Waals surface area contributed by atoms with Gasteiger partial charge in [-0.1, -0.05) is 26.2 Å². The number of nitrogens with two attached hydrogens (primary N) is 1. The lowest BCUT2D eigenvalue weighted by molar-refractivity contribution is 0.305. The van der Waals surface area contributed by atoms with Crippen molar-refractivity contribution in [2.24, 2.45) is 5.73 Å². The third-order valence-electron chi connectivity index (χ3n) is 4.74. The predicted molar refractivity (Wildman–Crippen MR) is 76.2 cm³/mol. The third-order valence-corrected chi connectivity index (χ3v) is 4.74. The molecule has 1 aromatic heterocycles. The van der Waals surface area contributed by atoms with Crippen molar-refractivity contribution in [3.8, 4) is 0 Å². The Balaban J connectivity index is 1.75. The number of aromatic amines is 1. The van der Waals surface area contributed by atoms with Crippen molar-refractivity contribution >= 4 is 5.95 Å². The number of anilines is 1. The third kappa shape index (κ3) is 2.61. The molecule has 2 aliphatic rings. The molecule has 1 saturated carbocycles. The summed E-state index contributed by atoms with van der Waals surface area (Å²) in [5.41, 5.74) is 6.23. The molecule has 1 aromatic rings. The Morgan fingerprint density at radius 2 is 2.05 bits per heavy atom. The van der Waals surface area contributed by atoms with E-state index in [-0.39, 0.29) is 11.5 Å². The van der Waals surface area contributed by atoms with E-state index in [4.69, 9.17) is 10.7 Å². The molecule has 1 aliphatic heterocycles. The van der Waals surface area contributed by atoms with E-state index in [1.165, 1.54) is 32.1 Å². The predicted octanol–water partition coefficient (Wildman–Crippen LogP) is 1.95. The van der Waals surface area contributed by atoms with Gasteiger partial charge in [0.15, 0.2) is 0 Å². The molecule has 106 valence electrons. The Morgan fingerprint density at radius 1 is 1.26 bits per heavy atom. The monoisotopic (exact) mass is 263 g/mol. The maximum Gasteiger partial charge on any atom is 0.244 e. The topological polar surface area (TPSA) is 70.8 Å². The molecule has 0 radical (unpaired) electrons. The SMILES string of the molecule is CC1(c2nc(N3CCCC(N)C3)n[nH]2)CCCCC1. The standard InChI is InChI=1S/C14H25N5/c1-14(7-3-2-4-8-14)12-16-13(18-17-12)19-9-5-6-11(15)10-19/h11H,2-10,15H2,1H3,(H,16,17,18). The summed E-state index contributed by atoms with van der Waals surface area (Å²) in [5, 5.41) is 7.61. The van der Waals surface area contributed by atoms with Gasteiger partial charge in [0.25, 0.3) is 0 Å². The highest BCUT2D eigenvalue weighted by atomic mass is 15.4. The molecule has 0 spiro atoms. The summed E-state index contributed by atoms with van der Waals surface area (Å²) in [6.07, 6.45) is 8.68. The highest BCUT2D eigenvalue weighted by molar-refractivity contribution is 5.31. The van der Waals surface area contributed by atoms with Crippen molar-refractivity contribution in [1.82, 2.24) is 15.2 Å². The van der Waals surface area contributed by atoms with E-state index >= 15 is 0 Å². The van der Waals surface area contributed by atoms with E-state index in [2.05, 4.69) is 22.0 Å². The van der Waals surface area contributed by atoms with Gasteiger partial charge in [-0.05, 0) is 25.7 Å². The largest absolute Gasteiger partial charge is 0.338 e. The first-order valence-corrected chi connectivity index (χ1v) is 7.61. The summed E-state index contributed by atoms with van der Waals surface area (Å²) >= 11 is 0. The first-order valence-electron chi connectivity index (χ1n) is 7.61. The molecule has 0 amide bonds. The van der Waals surface area contributed by atoms with Crippen molar-refractivity contribution in [3.63, 3.8) is 0 Å². The van der Waals surface area contributed by atoms with Gasteiger partial charge in [0.05, 0.1) is 0 Å². The second-order valence-corrected chi connectivity index (χ2v) is 6.45. The van der Waals surface area contributed by atoms with Gasteiger partial charge in [-0.25, -0.2) is 0 Å². The normalized spacial score (nSPS) is 27.5. The van der Waals surface area contributed by atoms with Crippen LogP contribution in [0.1, 0.15) is 57.7 Å². The van der Waals surface area contributed by atoms with Gasteiger partial charge >= 0.3 is 0 Å². The highest BCUT2D eigenvalue weighted by Gasteiger charge is 2.33. The zero-order chi connectivity index (χ0) is 13.3. The first-order chi connectivity index (χ1) is 9.17. The quantitative estimate of drug-likeness (QED) is 0.855. The molecular formula is C14H25N5. The van der Waals surface area contributed by atoms with Gasteiger partial charge < -0.3 is 10.6 Å². The van der Waals surface area contributed by atoms with Gasteiger partial charge in [-0.2, -0.15) is 4.98 Å². The fourth-order valence-electron chi connectivity index (χ4n) is 3.42. The van der Waals surface area contributed by atoms with Crippen LogP contribution >= 0.6 is 0 Å². The van der Waals surface area contributed by atoms with Crippen LogP contribution in [0.2, 0.25) is 0 Å². The molecule has 1 aliphatic carbocycles. The lowest BCUT2D eigenvalue weighted by Crippen LogP contribution is -2.43. The van der Waals surface area contributed by atoms with Gasteiger partial charge in [-0.3, -0.25) is 5.10 Å². The number of rotatable bonds is 2. The average Bonchev–Trinajstić information content (AvgIpc) is 2.90. The maximum absolute atomic E-state index is 6.03. The summed E-state index contributed by atoms with van der Waals surface area (Å²) in [6.45, 7) is 4.23. The van der Waals surface area contributed by atoms with E-state index in [1.807, 2.05) is 0 Å². The lowest BCUT2D eigenvalue weighted by atomic mass is 9.75. The summed E-state index contributed by atoms with van der Waals surface area (Å²) < 4.78 is 0. The fraction of sp³-hybridized carbons (Fsp3) is 0.857. The summed E-state index contributed by atoms with van der Waals surface area (Å²) in [5.74, 6) is 1.92. The van der Waals surface area contributed by atoms with Crippen LogP contribution in [0.5, 0.6) is 0 Å². The first kappa shape index (κ1) is 12.9. The molecule has 0 aromatic carbocycles. The molecule has 19 heavy (non-hydrogen) atoms. The van der Waals surface area contributed by atoms with Crippen LogP contribution in [0, 0.1) is 0 Å². The molecule has 5 heteroatoms. The van der Waals surface area contributed by atoms with Crippen molar-refractivity contribution < 1.29 is 0 Å². The van der Waals surface area contributed by atoms with E-state index in [1.54, 1.807) is 0 Å². The van der Waals surface area contributed by atoms with Gasteiger partial charge in [-0.15, -0.1) is 5.10 Å². The van der Waals surface area contributed by atoms with Crippen LogP contribution in [0.15, 0.2) is 0 Å². The summed E-state index contributed by atoms with van der Waals surface area (Å²) in [6, 6.07) is 0.265. The van der Waals surface area contributed by atoms with Crippen molar-refractivity contribution in [2.75, 3.05) is 18.0 Å². The second-order valence-electron chi connectivity index (χ2n) is 6.45. The Kier molecular flexibility index (Phi) is 3.48. The Morgan fingerprint density at radius 3 is 2.79 bits per heavy atom. The maximum atomic E-state index is 6.03. The Hall–Kier alpha value is -1.10. The van der Waals surface area contributed by atoms with Gasteiger partial charge in [0.2, 0.25) is 5.95 Å². The minimum Gasteiger partial charge on any atom is -0.338 e. The number of nitrogens with one attached hydrogen (secondary N) is 1. The average molecular weight is 263 g/mol. The number of nitrogens with zero attached hydrogens (tertiary/aromatic N) is 3. The number of piperidine rings is 1. The molecule has 1 atom stereocenters. The Bertz CT molecular complexity index is 421. The number of aromatic nitrogens is 3. The van der Waals surface area contributed by atoms with Crippen LogP contribution in [-0.4, -0.2) is 34.3 Å². The zero-order valence-electron chi connectivity index (χ0n) is 11.9. The molecule has 2 fully saturated rings. The number of hydrogen-bond donors (Lipinski definition) is 2. The van der Waals surface area contributed by atoms with Crippen LogP contribution in [0.4, 0.5) is 5.95 Å². The molecule has 0 bridgehead atoms. The van der Waals surface area contributed by atoms with E-state index < -0.39 is 0 Å². The van der Waals surface area contributed by atoms with E-state index in [0.29, 0.717) is 0 Å². The molecule has 1 saturated heterocycles. The number of H-pyrrole nitrogens is 1. The smallest absolute Gasteiger partial charge is 0.244 e. The molecule has 5 nitrogen and oxygen atoms in total. The van der Waals surface area contributed by atoms with E-state index in [0.717, 1.165) is 37.7 Å². The zero-order valence-corrected chi connectivity index (χ0v) is 11.9. The molecule has 1 unspecified atom stereocenters.